The minimum atomic E-state index is 0.256. The largest absolute Gasteiger partial charge is 0.301 e. The molecule has 1 aromatic heterocycles. The van der Waals surface area contributed by atoms with Crippen molar-refractivity contribution in [2.75, 3.05) is 0 Å². The van der Waals surface area contributed by atoms with Gasteiger partial charge >= 0.3 is 0 Å². The summed E-state index contributed by atoms with van der Waals surface area (Å²) in [4.78, 5) is 4.69. The van der Waals surface area contributed by atoms with Gasteiger partial charge < -0.3 is 5.32 Å². The first-order chi connectivity index (χ1) is 9.13. The van der Waals surface area contributed by atoms with Gasteiger partial charge in [0.25, 0.3) is 0 Å². The van der Waals surface area contributed by atoms with Gasteiger partial charge in [-0.05, 0) is 44.7 Å². The maximum absolute atomic E-state index is 4.69. The van der Waals surface area contributed by atoms with Gasteiger partial charge in [-0.2, -0.15) is 0 Å². The predicted octanol–water partition coefficient (Wildman–Crippen LogP) is 3.91. The first kappa shape index (κ1) is 12.8. The first-order valence-corrected chi connectivity index (χ1v) is 7.76. The average molecular weight is 272 g/mol. The summed E-state index contributed by atoms with van der Waals surface area (Å²) in [5.41, 5.74) is 5.16. The van der Waals surface area contributed by atoms with Gasteiger partial charge in [-0.3, -0.25) is 0 Å². The molecule has 2 nitrogen and oxygen atoms in total. The summed E-state index contributed by atoms with van der Waals surface area (Å²) in [6, 6.07) is 7.64. The maximum Gasteiger partial charge on any atom is 0.114 e. The van der Waals surface area contributed by atoms with Crippen LogP contribution in [-0.2, 0) is 0 Å². The second-order valence-corrected chi connectivity index (χ2v) is 6.45. The van der Waals surface area contributed by atoms with E-state index in [1.807, 2.05) is 0 Å². The van der Waals surface area contributed by atoms with Crippen LogP contribution >= 0.6 is 11.3 Å². The molecule has 1 N–H and O–H groups in total. The van der Waals surface area contributed by atoms with Crippen molar-refractivity contribution in [3.05, 3.63) is 51.0 Å². The Kier molecular flexibility index (Phi) is 3.42. The Morgan fingerprint density at radius 1 is 1.26 bits per heavy atom. The summed E-state index contributed by atoms with van der Waals surface area (Å²) in [5, 5.41) is 7.08. The number of rotatable bonds is 4. The fourth-order valence-electron chi connectivity index (χ4n) is 2.43. The predicted molar refractivity (Wildman–Crippen MR) is 80.8 cm³/mol. The monoisotopic (exact) mass is 272 g/mol. The molecular weight excluding hydrogens is 252 g/mol. The number of hydrogen-bond donors (Lipinski definition) is 1. The number of aryl methyl sites for hydroxylation is 3. The molecule has 100 valence electrons. The third-order valence-corrected chi connectivity index (χ3v) is 4.63. The van der Waals surface area contributed by atoms with Gasteiger partial charge in [0, 0.05) is 17.1 Å². The van der Waals surface area contributed by atoms with E-state index in [0.29, 0.717) is 6.04 Å². The SMILES string of the molecule is Cc1ccc(C(NC2CC2)c2nc(C)cs2)c(C)c1. The van der Waals surface area contributed by atoms with Gasteiger partial charge in [-0.15, -0.1) is 11.3 Å². The van der Waals surface area contributed by atoms with E-state index >= 15 is 0 Å². The van der Waals surface area contributed by atoms with E-state index in [0.717, 1.165) is 5.69 Å². The number of nitrogens with one attached hydrogen (secondary N) is 1. The van der Waals surface area contributed by atoms with Gasteiger partial charge in [0.1, 0.15) is 5.01 Å². The Hall–Kier alpha value is -1.19. The van der Waals surface area contributed by atoms with Crippen molar-refractivity contribution in [3.63, 3.8) is 0 Å². The summed E-state index contributed by atoms with van der Waals surface area (Å²) < 4.78 is 0. The minimum absolute atomic E-state index is 0.256. The van der Waals surface area contributed by atoms with Crippen LogP contribution in [0.1, 0.15) is 46.3 Å². The Bertz CT molecular complexity index is 584. The second-order valence-electron chi connectivity index (χ2n) is 5.56. The van der Waals surface area contributed by atoms with Crippen molar-refractivity contribution in [2.45, 2.75) is 45.7 Å². The third-order valence-electron chi connectivity index (χ3n) is 3.60. The van der Waals surface area contributed by atoms with Crippen molar-refractivity contribution in [2.24, 2.45) is 0 Å². The second kappa shape index (κ2) is 5.06. The van der Waals surface area contributed by atoms with E-state index in [1.54, 1.807) is 11.3 Å². The smallest absolute Gasteiger partial charge is 0.114 e. The van der Waals surface area contributed by atoms with Crippen LogP contribution in [0.3, 0.4) is 0 Å². The van der Waals surface area contributed by atoms with E-state index in [1.165, 1.54) is 34.5 Å². The van der Waals surface area contributed by atoms with Crippen LogP contribution in [0, 0.1) is 20.8 Å². The highest BCUT2D eigenvalue weighted by Crippen LogP contribution is 2.32. The molecule has 1 aromatic carbocycles. The van der Waals surface area contributed by atoms with E-state index < -0.39 is 0 Å². The van der Waals surface area contributed by atoms with Crippen molar-refractivity contribution >= 4 is 11.3 Å². The van der Waals surface area contributed by atoms with Gasteiger partial charge in [0.2, 0.25) is 0 Å². The van der Waals surface area contributed by atoms with Crippen LogP contribution in [0.2, 0.25) is 0 Å². The molecular formula is C16H20N2S. The molecule has 1 unspecified atom stereocenters. The number of hydrogen-bond acceptors (Lipinski definition) is 3. The number of aromatic nitrogens is 1. The molecule has 0 saturated heterocycles. The minimum Gasteiger partial charge on any atom is -0.301 e. The molecule has 1 fully saturated rings. The molecule has 1 saturated carbocycles. The zero-order valence-electron chi connectivity index (χ0n) is 11.7. The number of thiazole rings is 1. The maximum atomic E-state index is 4.69. The summed E-state index contributed by atoms with van der Waals surface area (Å²) >= 11 is 1.76. The molecule has 0 amide bonds. The van der Waals surface area contributed by atoms with Crippen LogP contribution in [0.25, 0.3) is 0 Å². The topological polar surface area (TPSA) is 24.9 Å². The van der Waals surface area contributed by atoms with Gasteiger partial charge in [0.15, 0.2) is 0 Å². The van der Waals surface area contributed by atoms with Crippen LogP contribution < -0.4 is 5.32 Å². The molecule has 0 radical (unpaired) electrons. The summed E-state index contributed by atoms with van der Waals surface area (Å²) in [6.45, 7) is 6.41. The summed E-state index contributed by atoms with van der Waals surface area (Å²) in [5.74, 6) is 0. The molecule has 0 bridgehead atoms. The van der Waals surface area contributed by atoms with Crippen LogP contribution in [0.15, 0.2) is 23.6 Å². The Morgan fingerprint density at radius 2 is 2.05 bits per heavy atom. The zero-order valence-corrected chi connectivity index (χ0v) is 12.6. The fourth-order valence-corrected chi connectivity index (χ4v) is 3.31. The van der Waals surface area contributed by atoms with Crippen LogP contribution in [0.4, 0.5) is 0 Å². The van der Waals surface area contributed by atoms with Crippen molar-refractivity contribution in [1.82, 2.24) is 10.3 Å². The standard InChI is InChI=1S/C16H20N2S/c1-10-4-7-14(11(2)8-10)15(18-13-5-6-13)16-17-12(3)9-19-16/h4,7-9,13,15,18H,5-6H2,1-3H3. The Labute approximate surface area is 118 Å². The molecule has 2 aromatic rings. The molecule has 3 rings (SSSR count). The van der Waals surface area contributed by atoms with Gasteiger partial charge in [-0.25, -0.2) is 4.98 Å². The third kappa shape index (κ3) is 2.88. The lowest BCUT2D eigenvalue weighted by molar-refractivity contribution is 0.595. The average Bonchev–Trinajstić information content (AvgIpc) is 3.08. The van der Waals surface area contributed by atoms with Crippen LogP contribution in [-0.4, -0.2) is 11.0 Å². The summed E-state index contributed by atoms with van der Waals surface area (Å²) in [7, 11) is 0. The lowest BCUT2D eigenvalue weighted by atomic mass is 9.99. The van der Waals surface area contributed by atoms with Crippen molar-refractivity contribution < 1.29 is 0 Å². The van der Waals surface area contributed by atoms with E-state index in [4.69, 9.17) is 0 Å². The lowest BCUT2D eigenvalue weighted by Crippen LogP contribution is -2.25. The fraction of sp³-hybridized carbons (Fsp3) is 0.438. The highest BCUT2D eigenvalue weighted by Gasteiger charge is 2.28. The van der Waals surface area contributed by atoms with Gasteiger partial charge in [-0.1, -0.05) is 23.8 Å². The molecule has 0 spiro atoms. The van der Waals surface area contributed by atoms with E-state index in [-0.39, 0.29) is 6.04 Å². The first-order valence-electron chi connectivity index (χ1n) is 6.88. The lowest BCUT2D eigenvalue weighted by Gasteiger charge is -2.19. The van der Waals surface area contributed by atoms with Crippen molar-refractivity contribution in [3.8, 4) is 0 Å². The normalized spacial score (nSPS) is 16.6. The Morgan fingerprint density at radius 3 is 2.63 bits per heavy atom. The van der Waals surface area contributed by atoms with Crippen molar-refractivity contribution in [1.29, 1.82) is 0 Å². The molecule has 1 heterocycles. The molecule has 1 aliphatic rings. The summed E-state index contributed by atoms with van der Waals surface area (Å²) in [6.07, 6.45) is 2.59. The van der Waals surface area contributed by atoms with Gasteiger partial charge in [0.05, 0.1) is 6.04 Å². The Balaban J connectivity index is 1.97. The molecule has 0 aliphatic heterocycles. The molecule has 1 aliphatic carbocycles. The highest BCUT2D eigenvalue weighted by molar-refractivity contribution is 7.09. The number of benzene rings is 1. The molecule has 19 heavy (non-hydrogen) atoms. The number of nitrogens with zero attached hydrogens (tertiary/aromatic N) is 1. The van der Waals surface area contributed by atoms with Crippen LogP contribution in [0.5, 0.6) is 0 Å². The molecule has 1 atom stereocenters. The highest BCUT2D eigenvalue weighted by atomic mass is 32.1. The zero-order chi connectivity index (χ0) is 13.4. The van der Waals surface area contributed by atoms with E-state index in [2.05, 4.69) is 54.7 Å². The quantitative estimate of drug-likeness (QED) is 0.912. The molecule has 3 heteroatoms. The van der Waals surface area contributed by atoms with E-state index in [9.17, 15) is 0 Å².